The van der Waals surface area contributed by atoms with Gasteiger partial charge in [-0.1, -0.05) is 48.5 Å². The van der Waals surface area contributed by atoms with Gasteiger partial charge in [-0.2, -0.15) is 4.98 Å². The van der Waals surface area contributed by atoms with Crippen LogP contribution in [0.3, 0.4) is 0 Å². The van der Waals surface area contributed by atoms with Gasteiger partial charge in [-0.25, -0.2) is 9.97 Å². The smallest absolute Gasteiger partial charge is 0.257 e. The van der Waals surface area contributed by atoms with E-state index < -0.39 is 5.91 Å². The van der Waals surface area contributed by atoms with E-state index in [0.717, 1.165) is 5.56 Å². The number of aromatic nitrogens is 4. The minimum absolute atomic E-state index is 0.0915. The van der Waals surface area contributed by atoms with Crippen LogP contribution in [0.15, 0.2) is 73.3 Å². The molecule has 0 aliphatic carbocycles. The van der Waals surface area contributed by atoms with Crippen molar-refractivity contribution in [3.8, 4) is 5.88 Å². The maximum Gasteiger partial charge on any atom is 0.257 e. The molecule has 0 radical (unpaired) electrons. The Bertz CT molecular complexity index is 1190. The summed E-state index contributed by atoms with van der Waals surface area (Å²) in [4.78, 5) is 37.4. The highest BCUT2D eigenvalue weighted by Crippen LogP contribution is 2.24. The lowest BCUT2D eigenvalue weighted by Crippen LogP contribution is -2.31. The van der Waals surface area contributed by atoms with Crippen molar-refractivity contribution in [2.24, 2.45) is 0 Å². The number of imide groups is 1. The Balaban J connectivity index is 1.44. The third-order valence-corrected chi connectivity index (χ3v) is 4.79. The molecule has 8 nitrogen and oxygen atoms in total. The number of fused-ring (bicyclic) bond motifs is 1. The quantitative estimate of drug-likeness (QED) is 0.497. The van der Waals surface area contributed by atoms with Gasteiger partial charge in [0.1, 0.15) is 12.9 Å². The molecule has 8 heteroatoms. The Labute approximate surface area is 178 Å². The van der Waals surface area contributed by atoms with Crippen LogP contribution in [-0.2, 0) is 11.4 Å². The van der Waals surface area contributed by atoms with Crippen LogP contribution in [0.5, 0.6) is 5.88 Å². The number of hydrogen-bond donors (Lipinski definition) is 1. The molecule has 2 aromatic carbocycles. The van der Waals surface area contributed by atoms with Crippen molar-refractivity contribution < 1.29 is 14.3 Å². The Morgan fingerprint density at radius 3 is 2.45 bits per heavy atom. The van der Waals surface area contributed by atoms with Gasteiger partial charge in [0.25, 0.3) is 5.91 Å². The summed E-state index contributed by atoms with van der Waals surface area (Å²) >= 11 is 0. The summed E-state index contributed by atoms with van der Waals surface area (Å²) in [7, 11) is 0. The van der Waals surface area contributed by atoms with Gasteiger partial charge in [-0.15, -0.1) is 0 Å². The van der Waals surface area contributed by atoms with Crippen molar-refractivity contribution in [2.75, 3.05) is 0 Å². The van der Waals surface area contributed by atoms with Gasteiger partial charge in [0.15, 0.2) is 11.2 Å². The van der Waals surface area contributed by atoms with Crippen LogP contribution in [0, 0.1) is 0 Å². The standard InChI is InChI=1S/C23H21N5O3/c1-16(12-19(29)27-22(30)18-10-6-3-7-11-18)28-15-26-20-21(28)24-14-25-23(20)31-13-17-8-4-2-5-9-17/h2-11,14-16H,12-13H2,1H3,(H,27,29,30). The normalized spacial score (nSPS) is 11.8. The van der Waals surface area contributed by atoms with Gasteiger partial charge < -0.3 is 9.30 Å². The summed E-state index contributed by atoms with van der Waals surface area (Å²) in [5.74, 6) is -0.423. The highest BCUT2D eigenvalue weighted by atomic mass is 16.5. The molecule has 0 bridgehead atoms. The summed E-state index contributed by atoms with van der Waals surface area (Å²) < 4.78 is 7.61. The molecule has 0 aliphatic heterocycles. The largest absolute Gasteiger partial charge is 0.471 e. The van der Waals surface area contributed by atoms with Crippen LogP contribution in [0.2, 0.25) is 0 Å². The number of benzene rings is 2. The molecule has 1 N–H and O–H groups in total. The van der Waals surface area contributed by atoms with E-state index in [9.17, 15) is 9.59 Å². The number of nitrogens with zero attached hydrogens (tertiary/aromatic N) is 4. The number of carbonyl (C=O) groups excluding carboxylic acids is 2. The molecule has 31 heavy (non-hydrogen) atoms. The fourth-order valence-electron chi connectivity index (χ4n) is 3.19. The molecule has 2 amide bonds. The number of amides is 2. The summed E-state index contributed by atoms with van der Waals surface area (Å²) in [6, 6.07) is 18.1. The third-order valence-electron chi connectivity index (χ3n) is 4.79. The van der Waals surface area contributed by atoms with Gasteiger partial charge in [-0.3, -0.25) is 14.9 Å². The topological polar surface area (TPSA) is 99.0 Å². The number of rotatable bonds is 7. The molecule has 4 rings (SSSR count). The molecule has 1 atom stereocenters. The van der Waals surface area contributed by atoms with E-state index in [-0.39, 0.29) is 18.4 Å². The lowest BCUT2D eigenvalue weighted by molar-refractivity contribution is -0.120. The monoisotopic (exact) mass is 415 g/mol. The first kappa shape index (κ1) is 20.2. The van der Waals surface area contributed by atoms with E-state index in [4.69, 9.17) is 4.74 Å². The van der Waals surface area contributed by atoms with Gasteiger partial charge >= 0.3 is 0 Å². The van der Waals surface area contributed by atoms with E-state index in [2.05, 4.69) is 20.3 Å². The van der Waals surface area contributed by atoms with Crippen molar-refractivity contribution in [1.82, 2.24) is 24.8 Å². The molecule has 0 fully saturated rings. The third kappa shape index (κ3) is 4.75. The Morgan fingerprint density at radius 2 is 1.71 bits per heavy atom. The Kier molecular flexibility index (Phi) is 5.98. The van der Waals surface area contributed by atoms with E-state index >= 15 is 0 Å². The number of nitrogens with one attached hydrogen (secondary N) is 1. The maximum absolute atomic E-state index is 12.4. The number of ether oxygens (including phenoxy) is 1. The number of hydrogen-bond acceptors (Lipinski definition) is 6. The molecule has 4 aromatic rings. The average molecular weight is 415 g/mol. The van der Waals surface area contributed by atoms with E-state index in [1.165, 1.54) is 6.33 Å². The molecular weight excluding hydrogens is 394 g/mol. The van der Waals surface area contributed by atoms with Crippen LogP contribution in [0.4, 0.5) is 0 Å². The molecule has 2 heterocycles. The first-order valence-corrected chi connectivity index (χ1v) is 9.85. The summed E-state index contributed by atoms with van der Waals surface area (Å²) in [6.45, 7) is 2.22. The summed E-state index contributed by atoms with van der Waals surface area (Å²) in [5.41, 5.74) is 2.53. The Morgan fingerprint density at radius 1 is 1.00 bits per heavy atom. The lowest BCUT2D eigenvalue weighted by atomic mass is 10.2. The highest BCUT2D eigenvalue weighted by Gasteiger charge is 2.19. The zero-order valence-corrected chi connectivity index (χ0v) is 16.9. The van der Waals surface area contributed by atoms with Crippen molar-refractivity contribution in [2.45, 2.75) is 26.0 Å². The molecule has 0 aliphatic rings. The van der Waals surface area contributed by atoms with Crippen molar-refractivity contribution in [3.63, 3.8) is 0 Å². The lowest BCUT2D eigenvalue weighted by Gasteiger charge is -2.13. The summed E-state index contributed by atoms with van der Waals surface area (Å²) in [5, 5.41) is 2.42. The van der Waals surface area contributed by atoms with Crippen LogP contribution < -0.4 is 10.1 Å². The fraction of sp³-hybridized carbons (Fsp3) is 0.174. The van der Waals surface area contributed by atoms with Crippen LogP contribution in [-0.4, -0.2) is 31.3 Å². The zero-order valence-electron chi connectivity index (χ0n) is 16.9. The molecule has 156 valence electrons. The van der Waals surface area contributed by atoms with Crippen molar-refractivity contribution >= 4 is 23.0 Å². The fourth-order valence-corrected chi connectivity index (χ4v) is 3.19. The first-order valence-electron chi connectivity index (χ1n) is 9.85. The van der Waals surface area contributed by atoms with Gasteiger partial charge in [0, 0.05) is 18.0 Å². The SMILES string of the molecule is CC(CC(=O)NC(=O)c1ccccc1)n1cnc2c(OCc3ccccc3)ncnc21. The van der Waals surface area contributed by atoms with E-state index in [0.29, 0.717) is 29.2 Å². The second-order valence-corrected chi connectivity index (χ2v) is 7.07. The number of carbonyl (C=O) groups is 2. The predicted octanol–water partition coefficient (Wildman–Crippen LogP) is 3.31. The van der Waals surface area contributed by atoms with Gasteiger partial charge in [-0.05, 0) is 24.6 Å². The molecular formula is C23H21N5O3. The molecule has 0 saturated heterocycles. The van der Waals surface area contributed by atoms with Crippen LogP contribution >= 0.6 is 0 Å². The first-order chi connectivity index (χ1) is 15.1. The van der Waals surface area contributed by atoms with E-state index in [1.54, 1.807) is 35.2 Å². The van der Waals surface area contributed by atoms with Gasteiger partial charge in [0.2, 0.25) is 11.8 Å². The molecule has 2 aromatic heterocycles. The van der Waals surface area contributed by atoms with Crippen LogP contribution in [0.1, 0.15) is 35.3 Å². The van der Waals surface area contributed by atoms with Gasteiger partial charge in [0.05, 0.1) is 6.33 Å². The molecule has 0 saturated carbocycles. The second-order valence-electron chi connectivity index (χ2n) is 7.07. The molecule has 1 unspecified atom stereocenters. The zero-order chi connectivity index (χ0) is 21.6. The second kappa shape index (κ2) is 9.17. The average Bonchev–Trinajstić information content (AvgIpc) is 3.24. The number of imidazole rings is 1. The minimum atomic E-state index is -0.424. The van der Waals surface area contributed by atoms with Crippen molar-refractivity contribution in [1.29, 1.82) is 0 Å². The minimum Gasteiger partial charge on any atom is -0.471 e. The predicted molar refractivity (Wildman–Crippen MR) is 114 cm³/mol. The highest BCUT2D eigenvalue weighted by molar-refractivity contribution is 6.04. The molecule has 0 spiro atoms. The van der Waals surface area contributed by atoms with Crippen LogP contribution in [0.25, 0.3) is 11.2 Å². The van der Waals surface area contributed by atoms with E-state index in [1.807, 2.05) is 43.3 Å². The maximum atomic E-state index is 12.4. The Hall–Kier alpha value is -4.07. The van der Waals surface area contributed by atoms with Crippen molar-refractivity contribution in [3.05, 3.63) is 84.4 Å². The summed E-state index contributed by atoms with van der Waals surface area (Å²) in [6.07, 6.45) is 3.10.